The van der Waals surface area contributed by atoms with Crippen LogP contribution in [-0.4, -0.2) is 10.9 Å². The maximum atomic E-state index is 11.5. The van der Waals surface area contributed by atoms with Crippen LogP contribution in [0.25, 0.3) is 21.3 Å². The number of benzene rings is 2. The normalized spacial score (nSPS) is 10.7. The summed E-state index contributed by atoms with van der Waals surface area (Å²) in [5, 5.41) is 4.68. The average Bonchev–Trinajstić information content (AvgIpc) is 2.91. The van der Waals surface area contributed by atoms with E-state index in [9.17, 15) is 4.79 Å². The van der Waals surface area contributed by atoms with Gasteiger partial charge in [-0.3, -0.25) is 4.79 Å². The fraction of sp³-hybridized carbons (Fsp3) is 0. The van der Waals surface area contributed by atoms with Crippen molar-refractivity contribution in [2.24, 2.45) is 5.73 Å². The minimum Gasteiger partial charge on any atom is -0.366 e. The third kappa shape index (κ3) is 1.76. The van der Waals surface area contributed by atoms with Crippen LogP contribution in [0.4, 0.5) is 0 Å². The van der Waals surface area contributed by atoms with Gasteiger partial charge < -0.3 is 5.73 Å². The molecule has 3 rings (SSSR count). The van der Waals surface area contributed by atoms with Crippen molar-refractivity contribution in [3.8, 4) is 10.6 Å². The molecule has 0 aliphatic carbocycles. The molecule has 1 amide bonds. The van der Waals surface area contributed by atoms with E-state index in [2.05, 4.69) is 4.98 Å². The number of thiazole rings is 1. The van der Waals surface area contributed by atoms with Gasteiger partial charge in [-0.1, -0.05) is 24.3 Å². The van der Waals surface area contributed by atoms with Gasteiger partial charge in [0.25, 0.3) is 0 Å². The molecule has 1 aromatic heterocycles. The number of hydrogen-bond acceptors (Lipinski definition) is 3. The highest BCUT2D eigenvalue weighted by molar-refractivity contribution is 7.13. The predicted octanol–water partition coefficient (Wildman–Crippen LogP) is 3.06. The van der Waals surface area contributed by atoms with Crippen LogP contribution >= 0.6 is 11.3 Å². The number of rotatable bonds is 2. The molecule has 0 unspecified atom stereocenters. The van der Waals surface area contributed by atoms with E-state index in [1.54, 1.807) is 17.5 Å². The number of nitrogens with zero attached hydrogens (tertiary/aromatic N) is 1. The molecular weight excluding hydrogens is 244 g/mol. The molecule has 1 heterocycles. The molecule has 0 radical (unpaired) electrons. The monoisotopic (exact) mass is 254 g/mol. The summed E-state index contributed by atoms with van der Waals surface area (Å²) in [6.45, 7) is 0. The highest BCUT2D eigenvalue weighted by atomic mass is 32.1. The second-order valence-electron chi connectivity index (χ2n) is 3.95. The zero-order chi connectivity index (χ0) is 12.5. The SMILES string of the molecule is NC(=O)c1cc(-c2nccs2)cc2ccccc12. The summed E-state index contributed by atoms with van der Waals surface area (Å²) in [4.78, 5) is 15.8. The van der Waals surface area contributed by atoms with Crippen LogP contribution in [0, 0.1) is 0 Å². The molecule has 3 aromatic rings. The van der Waals surface area contributed by atoms with Crippen LogP contribution in [0.2, 0.25) is 0 Å². The number of primary amides is 1. The Labute approximate surface area is 108 Å². The smallest absolute Gasteiger partial charge is 0.249 e. The van der Waals surface area contributed by atoms with Gasteiger partial charge in [0.05, 0.1) is 0 Å². The van der Waals surface area contributed by atoms with E-state index in [0.717, 1.165) is 21.3 Å². The molecule has 0 aliphatic heterocycles. The van der Waals surface area contributed by atoms with Crippen LogP contribution in [-0.2, 0) is 0 Å². The quantitative estimate of drug-likeness (QED) is 0.764. The van der Waals surface area contributed by atoms with Crippen molar-refractivity contribution in [2.45, 2.75) is 0 Å². The van der Waals surface area contributed by atoms with Gasteiger partial charge in [0, 0.05) is 22.7 Å². The van der Waals surface area contributed by atoms with E-state index >= 15 is 0 Å². The van der Waals surface area contributed by atoms with E-state index in [4.69, 9.17) is 5.73 Å². The Balaban J connectivity index is 2.33. The highest BCUT2D eigenvalue weighted by Crippen LogP contribution is 2.28. The summed E-state index contributed by atoms with van der Waals surface area (Å²) >= 11 is 1.54. The maximum Gasteiger partial charge on any atom is 0.249 e. The zero-order valence-electron chi connectivity index (χ0n) is 9.46. The molecular formula is C14H10N2OS. The molecule has 2 N–H and O–H groups in total. The van der Waals surface area contributed by atoms with Crippen molar-refractivity contribution in [3.05, 3.63) is 53.5 Å². The number of carbonyl (C=O) groups excluding carboxylic acids is 1. The van der Waals surface area contributed by atoms with Gasteiger partial charge in [-0.15, -0.1) is 11.3 Å². The first kappa shape index (κ1) is 10.9. The van der Waals surface area contributed by atoms with Gasteiger partial charge in [0.15, 0.2) is 0 Å². The van der Waals surface area contributed by atoms with E-state index in [0.29, 0.717) is 5.56 Å². The first-order valence-electron chi connectivity index (χ1n) is 5.48. The van der Waals surface area contributed by atoms with E-state index < -0.39 is 5.91 Å². The molecule has 0 saturated heterocycles. The molecule has 0 aliphatic rings. The molecule has 88 valence electrons. The lowest BCUT2D eigenvalue weighted by molar-refractivity contribution is 0.100. The lowest BCUT2D eigenvalue weighted by Gasteiger charge is -2.06. The number of hydrogen-bond donors (Lipinski definition) is 1. The lowest BCUT2D eigenvalue weighted by atomic mass is 10.0. The Bertz CT molecular complexity index is 720. The number of fused-ring (bicyclic) bond motifs is 1. The molecule has 0 fully saturated rings. The van der Waals surface area contributed by atoms with Crippen molar-refractivity contribution in [1.82, 2.24) is 4.98 Å². The third-order valence-corrected chi connectivity index (χ3v) is 3.63. The van der Waals surface area contributed by atoms with Crippen molar-refractivity contribution < 1.29 is 4.79 Å². The summed E-state index contributed by atoms with van der Waals surface area (Å²) < 4.78 is 0. The van der Waals surface area contributed by atoms with E-state index in [-0.39, 0.29) is 0 Å². The molecule has 0 bridgehead atoms. The van der Waals surface area contributed by atoms with E-state index in [1.165, 1.54) is 0 Å². The fourth-order valence-electron chi connectivity index (χ4n) is 2.00. The molecule has 0 saturated carbocycles. The van der Waals surface area contributed by atoms with Crippen LogP contribution in [0.15, 0.2) is 48.0 Å². The van der Waals surface area contributed by atoms with Crippen molar-refractivity contribution in [1.29, 1.82) is 0 Å². The van der Waals surface area contributed by atoms with Crippen LogP contribution in [0.3, 0.4) is 0 Å². The summed E-state index contributed by atoms with van der Waals surface area (Å²) in [6, 6.07) is 11.6. The van der Waals surface area contributed by atoms with Gasteiger partial charge in [-0.25, -0.2) is 4.98 Å². The lowest BCUT2D eigenvalue weighted by Crippen LogP contribution is -2.11. The number of carbonyl (C=O) groups is 1. The topological polar surface area (TPSA) is 56.0 Å². The Morgan fingerprint density at radius 3 is 2.78 bits per heavy atom. The van der Waals surface area contributed by atoms with Crippen LogP contribution in [0.1, 0.15) is 10.4 Å². The summed E-state index contributed by atoms with van der Waals surface area (Å²) in [5.41, 5.74) is 6.91. The molecule has 3 nitrogen and oxygen atoms in total. The zero-order valence-corrected chi connectivity index (χ0v) is 10.3. The number of aromatic nitrogens is 1. The van der Waals surface area contributed by atoms with Crippen molar-refractivity contribution in [2.75, 3.05) is 0 Å². The third-order valence-electron chi connectivity index (χ3n) is 2.81. The Hall–Kier alpha value is -2.20. The minimum atomic E-state index is -0.412. The highest BCUT2D eigenvalue weighted by Gasteiger charge is 2.10. The maximum absolute atomic E-state index is 11.5. The van der Waals surface area contributed by atoms with Gasteiger partial charge >= 0.3 is 0 Å². The Morgan fingerprint density at radius 1 is 1.22 bits per heavy atom. The minimum absolute atomic E-state index is 0.412. The number of nitrogens with two attached hydrogens (primary N) is 1. The van der Waals surface area contributed by atoms with Crippen molar-refractivity contribution in [3.63, 3.8) is 0 Å². The molecule has 0 spiro atoms. The average molecular weight is 254 g/mol. The van der Waals surface area contributed by atoms with Crippen molar-refractivity contribution >= 4 is 28.0 Å². The Kier molecular flexibility index (Phi) is 2.57. The van der Waals surface area contributed by atoms with Gasteiger partial charge in [0.1, 0.15) is 5.01 Å². The standard InChI is InChI=1S/C14H10N2OS/c15-13(17)12-8-10(14-16-5-6-18-14)7-9-3-1-2-4-11(9)12/h1-8H,(H2,15,17). The van der Waals surface area contributed by atoms with Gasteiger partial charge in [-0.05, 0) is 22.9 Å². The molecule has 2 aromatic carbocycles. The fourth-order valence-corrected chi connectivity index (χ4v) is 2.63. The molecule has 4 heteroatoms. The van der Waals surface area contributed by atoms with E-state index in [1.807, 2.05) is 41.8 Å². The molecule has 18 heavy (non-hydrogen) atoms. The summed E-state index contributed by atoms with van der Waals surface area (Å²) in [6.07, 6.45) is 1.75. The first-order valence-corrected chi connectivity index (χ1v) is 6.36. The second-order valence-corrected chi connectivity index (χ2v) is 4.84. The summed E-state index contributed by atoms with van der Waals surface area (Å²) in [5.74, 6) is -0.412. The second kappa shape index (κ2) is 4.23. The largest absolute Gasteiger partial charge is 0.366 e. The number of amides is 1. The van der Waals surface area contributed by atoms with Crippen LogP contribution < -0.4 is 5.73 Å². The predicted molar refractivity (Wildman–Crippen MR) is 73.6 cm³/mol. The van der Waals surface area contributed by atoms with Gasteiger partial charge in [-0.2, -0.15) is 0 Å². The molecule has 0 atom stereocenters. The Morgan fingerprint density at radius 2 is 2.06 bits per heavy atom. The first-order chi connectivity index (χ1) is 8.75. The van der Waals surface area contributed by atoms with Gasteiger partial charge in [0.2, 0.25) is 5.91 Å². The van der Waals surface area contributed by atoms with Crippen LogP contribution in [0.5, 0.6) is 0 Å². The summed E-state index contributed by atoms with van der Waals surface area (Å²) in [7, 11) is 0.